The summed E-state index contributed by atoms with van der Waals surface area (Å²) < 4.78 is 10.5. The number of allylic oxidation sites excluding steroid dienone is 2. The molecule has 0 aliphatic heterocycles. The molecule has 0 spiro atoms. The average molecular weight is 621 g/mol. The lowest BCUT2D eigenvalue weighted by Gasteiger charge is -2.07. The molecule has 0 saturated carbocycles. The van der Waals surface area contributed by atoms with Crippen molar-refractivity contribution < 1.29 is 14.3 Å². The predicted molar refractivity (Wildman–Crippen MR) is 195 cm³/mol. The molecule has 0 rings (SSSR count). The van der Waals surface area contributed by atoms with Crippen LogP contribution in [-0.2, 0) is 9.47 Å². The van der Waals surface area contributed by atoms with Crippen molar-refractivity contribution in [2.45, 2.75) is 226 Å². The summed E-state index contributed by atoms with van der Waals surface area (Å²) >= 11 is 0. The normalized spacial score (nSPS) is 11.6. The summed E-state index contributed by atoms with van der Waals surface area (Å²) in [6.07, 6.45) is 46.9. The van der Waals surface area contributed by atoms with Crippen LogP contribution in [0.2, 0.25) is 0 Å². The Hall–Kier alpha value is -0.990. The van der Waals surface area contributed by atoms with Crippen molar-refractivity contribution in [3.63, 3.8) is 0 Å². The van der Waals surface area contributed by atoms with Crippen LogP contribution < -0.4 is 0 Å². The van der Waals surface area contributed by atoms with Gasteiger partial charge in [0, 0.05) is 0 Å². The van der Waals surface area contributed by atoms with Crippen molar-refractivity contribution in [3.05, 3.63) is 12.2 Å². The van der Waals surface area contributed by atoms with Gasteiger partial charge in [-0.15, -0.1) is 0 Å². The van der Waals surface area contributed by atoms with Gasteiger partial charge in [0.05, 0.1) is 13.2 Å². The molecule has 0 unspecified atom stereocenters. The zero-order valence-electron chi connectivity index (χ0n) is 30.5. The third-order valence-corrected chi connectivity index (χ3v) is 9.02. The Bertz CT molecular complexity index is 570. The molecule has 3 heteroatoms. The van der Waals surface area contributed by atoms with E-state index in [1.165, 1.54) is 180 Å². The number of ether oxygens (including phenoxy) is 2. The maximum atomic E-state index is 11.8. The van der Waals surface area contributed by atoms with Crippen LogP contribution in [0.4, 0.5) is 4.79 Å². The largest absolute Gasteiger partial charge is 0.508 e. The number of carbonyl (C=O) groups excluding carboxylic acids is 1. The van der Waals surface area contributed by atoms with Crippen molar-refractivity contribution in [2.24, 2.45) is 5.92 Å². The molecule has 0 aromatic rings. The number of rotatable bonds is 36. The molecule has 0 saturated heterocycles. The Kier molecular flexibility index (Phi) is 37.3. The Morgan fingerprint density at radius 2 is 0.727 bits per heavy atom. The fourth-order valence-corrected chi connectivity index (χ4v) is 6.01. The van der Waals surface area contributed by atoms with Gasteiger partial charge in [-0.05, 0) is 44.4 Å². The molecule has 0 radical (unpaired) electrons. The molecule has 0 N–H and O–H groups in total. The smallest absolute Gasteiger partial charge is 0.434 e. The maximum Gasteiger partial charge on any atom is 0.508 e. The van der Waals surface area contributed by atoms with Crippen molar-refractivity contribution in [1.82, 2.24) is 0 Å². The number of hydrogen-bond acceptors (Lipinski definition) is 3. The molecule has 0 aliphatic carbocycles. The van der Waals surface area contributed by atoms with E-state index in [-0.39, 0.29) is 0 Å². The van der Waals surface area contributed by atoms with E-state index in [2.05, 4.69) is 32.9 Å². The Balaban J connectivity index is 3.19. The first-order valence-electron chi connectivity index (χ1n) is 20.1. The Morgan fingerprint density at radius 1 is 0.432 bits per heavy atom. The van der Waals surface area contributed by atoms with Crippen LogP contribution in [0.25, 0.3) is 0 Å². The highest BCUT2D eigenvalue weighted by Gasteiger charge is 2.03. The number of unbranched alkanes of at least 4 members (excludes halogenated alkanes) is 28. The molecule has 262 valence electrons. The van der Waals surface area contributed by atoms with Crippen molar-refractivity contribution in [3.8, 4) is 0 Å². The summed E-state index contributed by atoms with van der Waals surface area (Å²) in [5, 5.41) is 0. The standard InChI is InChI=1S/C41H80O3/c1-4-5-6-7-8-9-10-11-12-13-14-17-20-23-26-29-32-35-38-43-41(42)44-39-36-33-30-27-24-21-18-15-16-19-22-25-28-31-34-37-40(2)3/h13-14,40H,4-12,15-39H2,1-3H3. The highest BCUT2D eigenvalue weighted by molar-refractivity contribution is 5.59. The lowest BCUT2D eigenvalue weighted by Crippen LogP contribution is -2.09. The fourth-order valence-electron chi connectivity index (χ4n) is 6.01. The summed E-state index contributed by atoms with van der Waals surface area (Å²) in [6.45, 7) is 7.95. The van der Waals surface area contributed by atoms with Gasteiger partial charge in [0.2, 0.25) is 0 Å². The van der Waals surface area contributed by atoms with E-state index in [1.807, 2.05) is 0 Å². The molecule has 44 heavy (non-hydrogen) atoms. The van der Waals surface area contributed by atoms with Gasteiger partial charge in [-0.3, -0.25) is 0 Å². The Morgan fingerprint density at radius 3 is 1.07 bits per heavy atom. The van der Waals surface area contributed by atoms with Crippen molar-refractivity contribution in [2.75, 3.05) is 13.2 Å². The monoisotopic (exact) mass is 621 g/mol. The summed E-state index contributed by atoms with van der Waals surface area (Å²) in [6, 6.07) is 0. The molecule has 0 aromatic carbocycles. The van der Waals surface area contributed by atoms with Gasteiger partial charge >= 0.3 is 6.16 Å². The van der Waals surface area contributed by atoms with Crippen LogP contribution in [0.5, 0.6) is 0 Å². The van der Waals surface area contributed by atoms with E-state index >= 15 is 0 Å². The first kappa shape index (κ1) is 43.0. The molecule has 0 heterocycles. The summed E-state index contributed by atoms with van der Waals surface area (Å²) in [4.78, 5) is 11.8. The molecule has 0 aromatic heterocycles. The fraction of sp³-hybridized carbons (Fsp3) is 0.927. The van der Waals surface area contributed by atoms with E-state index in [0.717, 1.165) is 31.6 Å². The lowest BCUT2D eigenvalue weighted by molar-refractivity contribution is 0.0529. The van der Waals surface area contributed by atoms with Gasteiger partial charge in [-0.2, -0.15) is 0 Å². The molecule has 0 aliphatic rings. The van der Waals surface area contributed by atoms with E-state index in [0.29, 0.717) is 13.2 Å². The second kappa shape index (κ2) is 38.2. The van der Waals surface area contributed by atoms with Crippen LogP contribution in [0.1, 0.15) is 226 Å². The predicted octanol–water partition coefficient (Wildman–Crippen LogP) is 14.9. The molecule has 3 nitrogen and oxygen atoms in total. The highest BCUT2D eigenvalue weighted by Crippen LogP contribution is 2.15. The average Bonchev–Trinajstić information content (AvgIpc) is 3.01. The van der Waals surface area contributed by atoms with Crippen LogP contribution in [0.3, 0.4) is 0 Å². The third-order valence-electron chi connectivity index (χ3n) is 9.02. The van der Waals surface area contributed by atoms with Crippen LogP contribution >= 0.6 is 0 Å². The van der Waals surface area contributed by atoms with E-state index < -0.39 is 6.16 Å². The van der Waals surface area contributed by atoms with E-state index in [9.17, 15) is 4.79 Å². The SMILES string of the molecule is CCCCCCCCCCC=CCCCCCCCCOC(=O)OCCCCCCCCCCCCCCCCCC(C)C. The second-order valence-corrected chi connectivity index (χ2v) is 14.1. The number of carbonyl (C=O) groups is 1. The molecular weight excluding hydrogens is 540 g/mol. The zero-order chi connectivity index (χ0) is 32.0. The van der Waals surface area contributed by atoms with Gasteiger partial charge in [0.1, 0.15) is 0 Å². The number of hydrogen-bond donors (Lipinski definition) is 0. The third kappa shape index (κ3) is 39.0. The minimum atomic E-state index is -0.477. The van der Waals surface area contributed by atoms with Crippen molar-refractivity contribution >= 4 is 6.16 Å². The minimum absolute atomic E-state index is 0.477. The second-order valence-electron chi connectivity index (χ2n) is 14.1. The molecule has 0 amide bonds. The van der Waals surface area contributed by atoms with Gasteiger partial charge in [0.25, 0.3) is 0 Å². The zero-order valence-corrected chi connectivity index (χ0v) is 30.5. The minimum Gasteiger partial charge on any atom is -0.434 e. The lowest BCUT2D eigenvalue weighted by atomic mass is 10.0. The summed E-state index contributed by atoms with van der Waals surface area (Å²) in [7, 11) is 0. The molecular formula is C41H80O3. The van der Waals surface area contributed by atoms with Gasteiger partial charge in [-0.1, -0.05) is 200 Å². The van der Waals surface area contributed by atoms with Crippen LogP contribution in [0.15, 0.2) is 12.2 Å². The summed E-state index contributed by atoms with van der Waals surface area (Å²) in [5.74, 6) is 0.872. The molecule has 0 bridgehead atoms. The molecule has 0 atom stereocenters. The molecule has 0 fully saturated rings. The van der Waals surface area contributed by atoms with E-state index in [1.54, 1.807) is 0 Å². The highest BCUT2D eigenvalue weighted by atomic mass is 16.7. The Labute approximate surface area is 277 Å². The van der Waals surface area contributed by atoms with E-state index in [4.69, 9.17) is 9.47 Å². The topological polar surface area (TPSA) is 35.5 Å². The van der Waals surface area contributed by atoms with Crippen molar-refractivity contribution in [1.29, 1.82) is 0 Å². The van der Waals surface area contributed by atoms with Crippen LogP contribution in [0, 0.1) is 5.92 Å². The first-order chi connectivity index (χ1) is 21.7. The van der Waals surface area contributed by atoms with Gasteiger partial charge < -0.3 is 9.47 Å². The quantitative estimate of drug-likeness (QED) is 0.0397. The van der Waals surface area contributed by atoms with Gasteiger partial charge in [-0.25, -0.2) is 4.79 Å². The summed E-state index contributed by atoms with van der Waals surface area (Å²) in [5.41, 5.74) is 0. The van der Waals surface area contributed by atoms with Crippen LogP contribution in [-0.4, -0.2) is 19.4 Å². The maximum absolute atomic E-state index is 11.8. The van der Waals surface area contributed by atoms with Gasteiger partial charge in [0.15, 0.2) is 0 Å². The first-order valence-corrected chi connectivity index (χ1v) is 20.1.